The molecular weight excluding hydrogens is 606 g/mol. The molecule has 6 N–H and O–H groups in total. The summed E-state index contributed by atoms with van der Waals surface area (Å²) >= 11 is 5.88. The third-order valence-electron chi connectivity index (χ3n) is 7.73. The molecule has 0 saturated carbocycles. The van der Waals surface area contributed by atoms with Crippen molar-refractivity contribution in [3.63, 3.8) is 0 Å². The summed E-state index contributed by atoms with van der Waals surface area (Å²) in [5, 5.41) is 5.82. The second kappa shape index (κ2) is 14.9. The number of hydrogen-bond donors (Lipinski definition) is 4. The van der Waals surface area contributed by atoms with Crippen LogP contribution in [0.4, 0.5) is 11.6 Å². The molecule has 2 aromatic rings. The number of amides is 3. The number of carbonyl (C=O) groups is 4. The fourth-order valence-electron chi connectivity index (χ4n) is 5.03. The Kier molecular flexibility index (Phi) is 11.0. The van der Waals surface area contributed by atoms with E-state index >= 15 is 0 Å². The van der Waals surface area contributed by atoms with E-state index in [2.05, 4.69) is 25.6 Å². The number of benzene rings is 1. The van der Waals surface area contributed by atoms with Crippen LogP contribution in [0.3, 0.4) is 0 Å². The number of aromatic nitrogens is 2. The molecule has 2 aliphatic rings. The minimum Gasteiger partial charge on any atom is -0.482 e. The summed E-state index contributed by atoms with van der Waals surface area (Å²) in [7, 11) is 0. The minimum absolute atomic E-state index is 0.0499. The maximum atomic E-state index is 12.9. The number of rotatable bonds is 11. The summed E-state index contributed by atoms with van der Waals surface area (Å²) in [5.41, 5.74) is 11.8. The van der Waals surface area contributed by atoms with E-state index in [1.165, 1.54) is 0 Å². The molecule has 3 heterocycles. The smallest absolute Gasteiger partial charge is 0.344 e. The number of nitrogens with two attached hydrogens (primary N) is 2. The highest BCUT2D eigenvalue weighted by Gasteiger charge is 2.40. The molecule has 0 unspecified atom stereocenters. The Morgan fingerprint density at radius 3 is 2.40 bits per heavy atom. The SMILES string of the molecule is CCN(CC)C(=O)COC(=O)COc1ccc(CCC(=O)N2CCC3(CC2)CN=C(NC(=O)c2nc(Cl)c(N)nc2N)N3)cc1. The van der Waals surface area contributed by atoms with Gasteiger partial charge in [-0.25, -0.2) is 14.8 Å². The van der Waals surface area contributed by atoms with E-state index in [1.807, 2.05) is 30.9 Å². The standard InChI is InChI=1S/C29H38ClN9O6/c1-3-38(4-2)21(41)15-45-22(42)16-44-19-8-5-18(6-9-19)7-10-20(40)39-13-11-29(12-14-39)17-33-28(37-29)36-27(43)23-25(31)35-26(32)24(30)34-23/h5-6,8-9H,3-4,7,10-17H2,1-2H3,(H4,31,32,35)(H2,33,36,37,43). The Morgan fingerprint density at radius 1 is 1.04 bits per heavy atom. The quantitative estimate of drug-likeness (QED) is 0.251. The zero-order valence-electron chi connectivity index (χ0n) is 25.3. The number of piperidine rings is 1. The normalized spacial score (nSPS) is 15.2. The van der Waals surface area contributed by atoms with Gasteiger partial charge in [0.2, 0.25) is 5.91 Å². The zero-order valence-corrected chi connectivity index (χ0v) is 26.1. The number of nitrogens with one attached hydrogen (secondary N) is 2. The van der Waals surface area contributed by atoms with Crippen LogP contribution in [0.5, 0.6) is 5.75 Å². The molecule has 3 amide bonds. The number of nitrogen functional groups attached to an aromatic ring is 2. The highest BCUT2D eigenvalue weighted by atomic mass is 35.5. The topological polar surface area (TPSA) is 207 Å². The van der Waals surface area contributed by atoms with Gasteiger partial charge in [0.05, 0.1) is 12.1 Å². The molecule has 0 atom stereocenters. The van der Waals surface area contributed by atoms with Gasteiger partial charge in [0.25, 0.3) is 11.8 Å². The van der Waals surface area contributed by atoms with Gasteiger partial charge in [-0.15, -0.1) is 0 Å². The first-order valence-corrected chi connectivity index (χ1v) is 15.1. The fourth-order valence-corrected chi connectivity index (χ4v) is 5.16. The first-order valence-electron chi connectivity index (χ1n) is 14.7. The molecule has 1 fully saturated rings. The molecule has 0 radical (unpaired) electrons. The lowest BCUT2D eigenvalue weighted by Crippen LogP contribution is -2.57. The predicted molar refractivity (Wildman–Crippen MR) is 166 cm³/mol. The van der Waals surface area contributed by atoms with Crippen molar-refractivity contribution < 1.29 is 28.7 Å². The van der Waals surface area contributed by atoms with Crippen LogP contribution in [0, 0.1) is 0 Å². The second-order valence-corrected chi connectivity index (χ2v) is 11.1. The first-order chi connectivity index (χ1) is 21.5. The molecule has 242 valence electrons. The van der Waals surface area contributed by atoms with E-state index in [1.54, 1.807) is 17.0 Å². The molecular formula is C29H38ClN9O6. The largest absolute Gasteiger partial charge is 0.482 e. The molecule has 15 nitrogen and oxygen atoms in total. The number of hydrogen-bond acceptors (Lipinski definition) is 12. The molecule has 1 aromatic heterocycles. The summed E-state index contributed by atoms with van der Waals surface area (Å²) in [6.45, 7) is 5.75. The first kappa shape index (κ1) is 33.2. The van der Waals surface area contributed by atoms with Gasteiger partial charge in [-0.05, 0) is 50.8 Å². The van der Waals surface area contributed by atoms with Crippen molar-refractivity contribution in [3.05, 3.63) is 40.7 Å². The molecule has 45 heavy (non-hydrogen) atoms. The zero-order chi connectivity index (χ0) is 32.6. The molecule has 4 rings (SSSR count). The number of carbonyl (C=O) groups excluding carboxylic acids is 4. The van der Waals surface area contributed by atoms with Crippen LogP contribution in [-0.2, 0) is 25.5 Å². The number of nitrogens with zero attached hydrogens (tertiary/aromatic N) is 5. The number of ether oxygens (including phenoxy) is 2. The lowest BCUT2D eigenvalue weighted by molar-refractivity contribution is -0.153. The number of esters is 1. The van der Waals surface area contributed by atoms with Crippen LogP contribution in [0.15, 0.2) is 29.3 Å². The third-order valence-corrected chi connectivity index (χ3v) is 8.01. The van der Waals surface area contributed by atoms with Gasteiger partial charge in [-0.3, -0.25) is 24.7 Å². The van der Waals surface area contributed by atoms with Crippen LogP contribution < -0.4 is 26.8 Å². The third kappa shape index (κ3) is 8.71. The van der Waals surface area contributed by atoms with Gasteiger partial charge < -0.3 is 36.1 Å². The van der Waals surface area contributed by atoms with E-state index in [0.29, 0.717) is 70.1 Å². The summed E-state index contributed by atoms with van der Waals surface area (Å²) < 4.78 is 10.5. The molecule has 0 aliphatic carbocycles. The molecule has 2 aliphatic heterocycles. The molecule has 16 heteroatoms. The Labute approximate surface area is 265 Å². The van der Waals surface area contributed by atoms with Crippen molar-refractivity contribution in [2.45, 2.75) is 45.1 Å². The van der Waals surface area contributed by atoms with Crippen molar-refractivity contribution in [1.29, 1.82) is 0 Å². The summed E-state index contributed by atoms with van der Waals surface area (Å²) in [5.74, 6) is -0.871. The van der Waals surface area contributed by atoms with Crippen LogP contribution in [0.25, 0.3) is 0 Å². The number of halogens is 1. The highest BCUT2D eigenvalue weighted by Crippen LogP contribution is 2.26. The maximum Gasteiger partial charge on any atom is 0.344 e. The molecule has 1 spiro atoms. The average Bonchev–Trinajstić information content (AvgIpc) is 3.42. The monoisotopic (exact) mass is 643 g/mol. The number of aryl methyl sites for hydroxylation is 1. The van der Waals surface area contributed by atoms with Gasteiger partial charge in [0.1, 0.15) is 5.75 Å². The van der Waals surface area contributed by atoms with Crippen molar-refractivity contribution in [2.75, 3.05) is 57.4 Å². The fraction of sp³-hybridized carbons (Fsp3) is 0.483. The summed E-state index contributed by atoms with van der Waals surface area (Å²) in [6, 6.07) is 7.14. The van der Waals surface area contributed by atoms with Crippen LogP contribution >= 0.6 is 11.6 Å². The number of aliphatic imine (C=N–C) groups is 1. The predicted octanol–water partition coefficient (Wildman–Crippen LogP) is 0.768. The van der Waals surface area contributed by atoms with Gasteiger partial charge in [0.15, 0.2) is 41.7 Å². The number of likely N-dealkylation sites (tertiary alicyclic amines) is 1. The van der Waals surface area contributed by atoms with E-state index < -0.39 is 11.9 Å². The average molecular weight is 644 g/mol. The highest BCUT2D eigenvalue weighted by molar-refractivity contribution is 6.31. The van der Waals surface area contributed by atoms with E-state index in [9.17, 15) is 19.2 Å². The van der Waals surface area contributed by atoms with Gasteiger partial charge in [-0.2, -0.15) is 0 Å². The maximum absolute atomic E-state index is 12.9. The van der Waals surface area contributed by atoms with Crippen molar-refractivity contribution >= 4 is 52.9 Å². The van der Waals surface area contributed by atoms with E-state index in [0.717, 1.165) is 5.56 Å². The van der Waals surface area contributed by atoms with Crippen LogP contribution in [0.2, 0.25) is 5.15 Å². The summed E-state index contributed by atoms with van der Waals surface area (Å²) in [6.07, 6.45) is 2.22. The van der Waals surface area contributed by atoms with Crippen LogP contribution in [-0.4, -0.2) is 101 Å². The Hall–Kier alpha value is -4.66. The lowest BCUT2D eigenvalue weighted by Gasteiger charge is -2.39. The van der Waals surface area contributed by atoms with Crippen molar-refractivity contribution in [3.8, 4) is 5.75 Å². The van der Waals surface area contributed by atoms with Crippen molar-refractivity contribution in [2.24, 2.45) is 4.99 Å². The summed E-state index contributed by atoms with van der Waals surface area (Å²) in [4.78, 5) is 65.0. The number of likely N-dealkylation sites (N-methyl/N-ethyl adjacent to an activating group) is 1. The minimum atomic E-state index is -0.627. The number of anilines is 2. The molecule has 1 saturated heterocycles. The Morgan fingerprint density at radius 2 is 1.73 bits per heavy atom. The number of guanidine groups is 1. The van der Waals surface area contributed by atoms with Gasteiger partial charge >= 0.3 is 5.97 Å². The van der Waals surface area contributed by atoms with Gasteiger partial charge in [-0.1, -0.05) is 23.7 Å². The van der Waals surface area contributed by atoms with Crippen LogP contribution in [0.1, 0.15) is 49.2 Å². The van der Waals surface area contributed by atoms with Gasteiger partial charge in [0, 0.05) is 32.6 Å². The van der Waals surface area contributed by atoms with Crippen molar-refractivity contribution in [1.82, 2.24) is 30.4 Å². The molecule has 0 bridgehead atoms. The Balaban J connectivity index is 1.15. The second-order valence-electron chi connectivity index (χ2n) is 10.7. The lowest BCUT2D eigenvalue weighted by atomic mass is 9.88. The Bertz CT molecular complexity index is 1440. The van der Waals surface area contributed by atoms with E-state index in [4.69, 9.17) is 32.5 Å². The molecule has 1 aromatic carbocycles. The van der Waals surface area contributed by atoms with E-state index in [-0.39, 0.29) is 53.0 Å².